The second kappa shape index (κ2) is 9.45. The highest BCUT2D eigenvalue weighted by molar-refractivity contribution is 5.95. The first kappa shape index (κ1) is 21.4. The maximum atomic E-state index is 10.9. The van der Waals surface area contributed by atoms with Crippen LogP contribution < -0.4 is 20.9 Å². The molecular formula is C23H22N4O4. The molecule has 8 nitrogen and oxygen atoms in total. The molecule has 0 atom stereocenters. The van der Waals surface area contributed by atoms with Crippen molar-refractivity contribution in [1.29, 1.82) is 10.8 Å². The maximum Gasteiger partial charge on any atom is 0.341 e. The zero-order valence-electron chi connectivity index (χ0n) is 16.6. The van der Waals surface area contributed by atoms with Gasteiger partial charge < -0.3 is 26.0 Å². The minimum atomic E-state index is -1.07. The summed E-state index contributed by atoms with van der Waals surface area (Å²) in [5.41, 5.74) is 14.6. The van der Waals surface area contributed by atoms with Gasteiger partial charge in [0.05, 0.1) is 0 Å². The van der Waals surface area contributed by atoms with Gasteiger partial charge >= 0.3 is 5.97 Å². The van der Waals surface area contributed by atoms with Crippen molar-refractivity contribution in [2.24, 2.45) is 11.5 Å². The van der Waals surface area contributed by atoms with Crippen molar-refractivity contribution in [3.63, 3.8) is 0 Å². The van der Waals surface area contributed by atoms with E-state index < -0.39 is 12.6 Å². The summed E-state index contributed by atoms with van der Waals surface area (Å²) in [6.07, 6.45) is 0. The predicted octanol–water partition coefficient (Wildman–Crippen LogP) is 2.96. The molecule has 0 aliphatic rings. The van der Waals surface area contributed by atoms with E-state index in [1.807, 2.05) is 18.2 Å². The largest absolute Gasteiger partial charge is 0.489 e. The highest BCUT2D eigenvalue weighted by Crippen LogP contribution is 2.27. The zero-order valence-corrected chi connectivity index (χ0v) is 16.6. The molecule has 8 heteroatoms. The van der Waals surface area contributed by atoms with Crippen LogP contribution in [0.15, 0.2) is 66.7 Å². The van der Waals surface area contributed by atoms with Gasteiger partial charge in [0.15, 0.2) is 6.61 Å². The summed E-state index contributed by atoms with van der Waals surface area (Å²) in [5, 5.41) is 24.0. The van der Waals surface area contributed by atoms with Crippen LogP contribution in [0.1, 0.15) is 16.7 Å². The summed E-state index contributed by atoms with van der Waals surface area (Å²) < 4.78 is 11.2. The van der Waals surface area contributed by atoms with Gasteiger partial charge in [-0.15, -0.1) is 0 Å². The third-order valence-electron chi connectivity index (χ3n) is 4.41. The van der Waals surface area contributed by atoms with E-state index in [0.717, 1.165) is 16.7 Å². The van der Waals surface area contributed by atoms with Crippen LogP contribution in [0.25, 0.3) is 11.1 Å². The molecule has 0 fully saturated rings. The normalized spacial score (nSPS) is 10.3. The van der Waals surface area contributed by atoms with Crippen LogP contribution in [0.5, 0.6) is 11.5 Å². The van der Waals surface area contributed by atoms with E-state index in [2.05, 4.69) is 0 Å². The Hall–Kier alpha value is -4.33. The summed E-state index contributed by atoms with van der Waals surface area (Å²) in [7, 11) is 0. The van der Waals surface area contributed by atoms with E-state index >= 15 is 0 Å². The fraction of sp³-hybridized carbons (Fsp3) is 0.0870. The number of carboxylic acids is 1. The predicted molar refractivity (Wildman–Crippen MR) is 118 cm³/mol. The molecule has 0 aliphatic carbocycles. The molecule has 3 aromatic rings. The van der Waals surface area contributed by atoms with E-state index in [-0.39, 0.29) is 18.3 Å². The van der Waals surface area contributed by atoms with Crippen LogP contribution in [0, 0.1) is 10.8 Å². The number of hydrogen-bond donors (Lipinski definition) is 5. The van der Waals surface area contributed by atoms with Gasteiger partial charge in [-0.2, -0.15) is 0 Å². The van der Waals surface area contributed by atoms with Crippen LogP contribution in [-0.4, -0.2) is 29.4 Å². The second-order valence-corrected chi connectivity index (χ2v) is 6.77. The molecule has 31 heavy (non-hydrogen) atoms. The Kier molecular flexibility index (Phi) is 6.51. The van der Waals surface area contributed by atoms with Gasteiger partial charge in [0, 0.05) is 11.1 Å². The SMILES string of the molecule is N=C(N)c1ccc(-c2cc(COc3cccc(C(=N)N)c3)cc(OCC(=O)O)c2)cc1. The number of nitrogen functional groups attached to an aromatic ring is 2. The number of carbonyl (C=O) groups is 1. The summed E-state index contributed by atoms with van der Waals surface area (Å²) in [4.78, 5) is 10.9. The van der Waals surface area contributed by atoms with Gasteiger partial charge in [0.1, 0.15) is 29.8 Å². The standard InChI is InChI=1S/C23H22N4O4/c24-22(25)16-6-4-15(5-7-16)18-8-14(9-20(11-18)31-13-21(28)29)12-30-19-3-1-2-17(10-19)23(26)27/h1-11H,12-13H2,(H3,24,25)(H3,26,27)(H,28,29). The molecule has 3 rings (SSSR count). The van der Waals surface area contributed by atoms with Crippen molar-refractivity contribution in [2.75, 3.05) is 6.61 Å². The van der Waals surface area contributed by atoms with E-state index in [4.69, 9.17) is 36.9 Å². The summed E-state index contributed by atoms with van der Waals surface area (Å²) in [5.74, 6) is -0.198. The lowest BCUT2D eigenvalue weighted by Gasteiger charge is -2.13. The van der Waals surface area contributed by atoms with Crippen LogP contribution in [-0.2, 0) is 11.4 Å². The fourth-order valence-corrected chi connectivity index (χ4v) is 2.90. The zero-order chi connectivity index (χ0) is 22.4. The molecular weight excluding hydrogens is 396 g/mol. The molecule has 3 aromatic carbocycles. The Labute approximate surface area is 179 Å². The topological polar surface area (TPSA) is 156 Å². The lowest BCUT2D eigenvalue weighted by molar-refractivity contribution is -0.139. The van der Waals surface area contributed by atoms with Crippen molar-refractivity contribution in [3.05, 3.63) is 83.4 Å². The number of rotatable bonds is 9. The molecule has 0 saturated carbocycles. The highest BCUT2D eigenvalue weighted by atomic mass is 16.5. The van der Waals surface area contributed by atoms with Crippen LogP contribution in [0.3, 0.4) is 0 Å². The average Bonchev–Trinajstić information content (AvgIpc) is 2.76. The number of hydrogen-bond acceptors (Lipinski definition) is 5. The molecule has 0 radical (unpaired) electrons. The lowest BCUT2D eigenvalue weighted by atomic mass is 10.0. The minimum absolute atomic E-state index is 0.0213. The molecule has 158 valence electrons. The number of nitrogens with one attached hydrogen (secondary N) is 2. The Morgan fingerprint density at radius 1 is 0.806 bits per heavy atom. The Morgan fingerprint density at radius 2 is 1.52 bits per heavy atom. The first-order chi connectivity index (χ1) is 14.8. The van der Waals surface area contributed by atoms with Crippen molar-refractivity contribution in [2.45, 2.75) is 6.61 Å². The van der Waals surface area contributed by atoms with E-state index in [0.29, 0.717) is 22.6 Å². The summed E-state index contributed by atoms with van der Waals surface area (Å²) >= 11 is 0. The summed E-state index contributed by atoms with van der Waals surface area (Å²) in [6, 6.07) is 19.4. The van der Waals surface area contributed by atoms with Crippen LogP contribution in [0.4, 0.5) is 0 Å². The Morgan fingerprint density at radius 3 is 2.16 bits per heavy atom. The quantitative estimate of drug-likeness (QED) is 0.266. The third kappa shape index (κ3) is 5.83. The molecule has 0 aliphatic heterocycles. The number of nitrogens with two attached hydrogens (primary N) is 2. The van der Waals surface area contributed by atoms with Gasteiger partial charge in [-0.1, -0.05) is 36.4 Å². The van der Waals surface area contributed by atoms with E-state index in [1.54, 1.807) is 48.5 Å². The molecule has 7 N–H and O–H groups in total. The third-order valence-corrected chi connectivity index (χ3v) is 4.41. The van der Waals surface area contributed by atoms with Crippen LogP contribution >= 0.6 is 0 Å². The molecule has 0 bridgehead atoms. The number of carboxylic acid groups (broad SMARTS) is 1. The average molecular weight is 418 g/mol. The fourth-order valence-electron chi connectivity index (χ4n) is 2.90. The Balaban J connectivity index is 1.87. The van der Waals surface area contributed by atoms with Gasteiger partial charge in [-0.3, -0.25) is 10.8 Å². The first-order valence-electron chi connectivity index (χ1n) is 9.32. The Bertz CT molecular complexity index is 1130. The van der Waals surface area contributed by atoms with Gasteiger partial charge in [-0.05, 0) is 47.0 Å². The van der Waals surface area contributed by atoms with Gasteiger partial charge in [0.25, 0.3) is 0 Å². The smallest absolute Gasteiger partial charge is 0.341 e. The molecule has 0 heterocycles. The van der Waals surface area contributed by atoms with Gasteiger partial charge in [0.2, 0.25) is 0 Å². The number of benzene rings is 3. The molecule has 0 amide bonds. The van der Waals surface area contributed by atoms with Crippen molar-refractivity contribution in [3.8, 4) is 22.6 Å². The monoisotopic (exact) mass is 418 g/mol. The summed E-state index contributed by atoms with van der Waals surface area (Å²) in [6.45, 7) is -0.266. The van der Waals surface area contributed by atoms with E-state index in [1.165, 1.54) is 0 Å². The van der Waals surface area contributed by atoms with Crippen molar-refractivity contribution in [1.82, 2.24) is 0 Å². The van der Waals surface area contributed by atoms with Crippen molar-refractivity contribution >= 4 is 17.6 Å². The lowest BCUT2D eigenvalue weighted by Crippen LogP contribution is -2.11. The molecule has 0 spiro atoms. The number of ether oxygens (including phenoxy) is 2. The van der Waals surface area contributed by atoms with E-state index in [9.17, 15) is 4.79 Å². The molecule has 0 unspecified atom stereocenters. The second-order valence-electron chi connectivity index (χ2n) is 6.77. The minimum Gasteiger partial charge on any atom is -0.489 e. The molecule has 0 aromatic heterocycles. The number of amidine groups is 2. The first-order valence-corrected chi connectivity index (χ1v) is 9.32. The highest BCUT2D eigenvalue weighted by Gasteiger charge is 2.08. The maximum absolute atomic E-state index is 10.9. The van der Waals surface area contributed by atoms with Gasteiger partial charge in [-0.25, -0.2) is 4.79 Å². The molecule has 0 saturated heterocycles. The van der Waals surface area contributed by atoms with Crippen molar-refractivity contribution < 1.29 is 19.4 Å². The number of aliphatic carboxylic acids is 1. The van der Waals surface area contributed by atoms with Crippen LogP contribution in [0.2, 0.25) is 0 Å².